The number of sulfonamides is 1. The van der Waals surface area contributed by atoms with Crippen molar-refractivity contribution in [2.24, 2.45) is 7.05 Å². The average molecular weight is 392 g/mol. The van der Waals surface area contributed by atoms with E-state index in [1.165, 1.54) is 6.07 Å². The second-order valence-corrected chi connectivity index (χ2v) is 8.62. The monoisotopic (exact) mass is 391 g/mol. The van der Waals surface area contributed by atoms with Gasteiger partial charge < -0.3 is 9.47 Å². The van der Waals surface area contributed by atoms with Crippen molar-refractivity contribution < 1.29 is 8.42 Å². The smallest absolute Gasteiger partial charge is 0.242 e. The molecule has 3 rings (SSSR count). The van der Waals surface area contributed by atoms with E-state index in [2.05, 4.69) is 27.6 Å². The lowest BCUT2D eigenvalue weighted by molar-refractivity contribution is 0.301. The molecule has 1 aromatic heterocycles. The summed E-state index contributed by atoms with van der Waals surface area (Å²) in [7, 11) is 2.18. The van der Waals surface area contributed by atoms with Gasteiger partial charge in [-0.15, -0.1) is 0 Å². The predicted octanol–water partition coefficient (Wildman–Crippen LogP) is 3.41. The van der Waals surface area contributed by atoms with Crippen molar-refractivity contribution >= 4 is 32.5 Å². The Morgan fingerprint density at radius 2 is 1.77 bits per heavy atom. The highest BCUT2D eigenvalue weighted by Crippen LogP contribution is 2.29. The van der Waals surface area contributed by atoms with E-state index in [0.717, 1.165) is 16.5 Å². The number of hydrogen-bond acceptors (Lipinski definition) is 3. The van der Waals surface area contributed by atoms with Gasteiger partial charge in [-0.3, -0.25) is 0 Å². The number of nitrogens with one attached hydrogen (secondary N) is 1. The fraction of sp³-hybridized carbons (Fsp3) is 0.263. The summed E-state index contributed by atoms with van der Waals surface area (Å²) in [5.41, 5.74) is 2.19. The Morgan fingerprint density at radius 3 is 2.46 bits per heavy atom. The van der Waals surface area contributed by atoms with Crippen LogP contribution in [0, 0.1) is 0 Å². The van der Waals surface area contributed by atoms with E-state index in [1.807, 2.05) is 38.2 Å². The summed E-state index contributed by atoms with van der Waals surface area (Å²) in [4.78, 5) is 2.11. The highest BCUT2D eigenvalue weighted by Gasteiger charge is 2.23. The zero-order valence-electron chi connectivity index (χ0n) is 15.0. The van der Waals surface area contributed by atoms with Gasteiger partial charge >= 0.3 is 0 Å². The van der Waals surface area contributed by atoms with Crippen LogP contribution in [-0.2, 0) is 17.1 Å². The zero-order valence-corrected chi connectivity index (χ0v) is 16.6. The normalized spacial score (nSPS) is 13.4. The lowest BCUT2D eigenvalue weighted by Crippen LogP contribution is -2.34. The second kappa shape index (κ2) is 7.40. The van der Waals surface area contributed by atoms with Crippen LogP contribution in [0.3, 0.4) is 0 Å². The summed E-state index contributed by atoms with van der Waals surface area (Å²) in [5, 5.41) is 1.33. The summed E-state index contributed by atoms with van der Waals surface area (Å²) < 4.78 is 30.1. The third-order valence-electron chi connectivity index (χ3n) is 4.50. The van der Waals surface area contributed by atoms with Gasteiger partial charge in [0.25, 0.3) is 0 Å². The fourth-order valence-corrected chi connectivity index (χ4v) is 4.69. The summed E-state index contributed by atoms with van der Waals surface area (Å²) >= 11 is 6.05. The molecule has 5 nitrogen and oxygen atoms in total. The molecule has 0 saturated carbocycles. The molecule has 7 heteroatoms. The maximum Gasteiger partial charge on any atom is 0.242 e. The molecule has 0 spiro atoms. The standard InChI is InChI=1S/C19H22ClN3O2S/c1-22(2)18(15-13-23(3)17-10-6-4-8-14(15)17)12-21-26(24,25)19-11-7-5-9-16(19)20/h4-11,13,18,21H,12H2,1-3H3/t18-/m1/s1. The van der Waals surface area contributed by atoms with E-state index in [0.29, 0.717) is 0 Å². The Bertz CT molecular complexity index is 1030. The van der Waals surface area contributed by atoms with Crippen LogP contribution in [0.2, 0.25) is 5.02 Å². The first-order chi connectivity index (χ1) is 12.3. The van der Waals surface area contributed by atoms with Crippen LogP contribution >= 0.6 is 11.6 Å². The number of aromatic nitrogens is 1. The molecule has 0 aliphatic carbocycles. The van der Waals surface area contributed by atoms with Gasteiger partial charge in [-0.05, 0) is 37.9 Å². The van der Waals surface area contributed by atoms with Crippen molar-refractivity contribution in [1.82, 2.24) is 14.2 Å². The van der Waals surface area contributed by atoms with E-state index < -0.39 is 10.0 Å². The molecule has 26 heavy (non-hydrogen) atoms. The number of halogens is 1. The van der Waals surface area contributed by atoms with Gasteiger partial charge in [0.1, 0.15) is 4.90 Å². The summed E-state index contributed by atoms with van der Waals surface area (Å²) in [6, 6.07) is 14.4. The van der Waals surface area contributed by atoms with E-state index in [1.54, 1.807) is 18.2 Å². The Balaban J connectivity index is 1.91. The van der Waals surface area contributed by atoms with Crippen LogP contribution in [-0.4, -0.2) is 38.5 Å². The largest absolute Gasteiger partial charge is 0.350 e. The van der Waals surface area contributed by atoms with Gasteiger partial charge in [0.15, 0.2) is 0 Å². The highest BCUT2D eigenvalue weighted by atomic mass is 35.5. The molecule has 2 aromatic carbocycles. The SMILES string of the molecule is CN(C)[C@H](CNS(=O)(=O)c1ccccc1Cl)c1cn(C)c2ccccc12. The molecule has 1 atom stereocenters. The average Bonchev–Trinajstić information content (AvgIpc) is 2.92. The minimum absolute atomic E-state index is 0.0945. The predicted molar refractivity (Wildman–Crippen MR) is 106 cm³/mol. The van der Waals surface area contributed by atoms with Gasteiger partial charge in [-0.1, -0.05) is 41.9 Å². The molecule has 1 N–H and O–H groups in total. The molecule has 138 valence electrons. The molecule has 3 aromatic rings. The maximum atomic E-state index is 12.7. The molecule has 0 aliphatic heterocycles. The number of nitrogens with zero attached hydrogens (tertiary/aromatic N) is 2. The number of fused-ring (bicyclic) bond motifs is 1. The number of hydrogen-bond donors (Lipinski definition) is 1. The Hall–Kier alpha value is -1.86. The molecule has 0 unspecified atom stereocenters. The number of likely N-dealkylation sites (N-methyl/N-ethyl adjacent to an activating group) is 1. The van der Waals surface area contributed by atoms with Gasteiger partial charge in [0.05, 0.1) is 5.02 Å². The summed E-state index contributed by atoms with van der Waals surface area (Å²) in [5.74, 6) is 0. The molecule has 0 saturated heterocycles. The van der Waals surface area contributed by atoms with Crippen LogP contribution < -0.4 is 4.72 Å². The summed E-state index contributed by atoms with van der Waals surface area (Å²) in [6.45, 7) is 0.245. The Morgan fingerprint density at radius 1 is 1.12 bits per heavy atom. The van der Waals surface area contributed by atoms with E-state index in [9.17, 15) is 8.42 Å². The molecule has 0 bridgehead atoms. The minimum atomic E-state index is -3.69. The van der Waals surface area contributed by atoms with Crippen LogP contribution in [0.15, 0.2) is 59.6 Å². The quantitative estimate of drug-likeness (QED) is 0.700. The minimum Gasteiger partial charge on any atom is -0.350 e. The third kappa shape index (κ3) is 3.64. The lowest BCUT2D eigenvalue weighted by atomic mass is 10.1. The van der Waals surface area contributed by atoms with E-state index in [4.69, 9.17) is 11.6 Å². The van der Waals surface area contributed by atoms with E-state index >= 15 is 0 Å². The maximum absolute atomic E-state index is 12.7. The van der Waals surface area contributed by atoms with Crippen molar-refractivity contribution in [3.05, 3.63) is 65.3 Å². The Labute approximate surface area is 159 Å². The van der Waals surface area contributed by atoms with Crippen molar-refractivity contribution in [3.8, 4) is 0 Å². The summed E-state index contributed by atoms with van der Waals surface area (Å²) in [6.07, 6.45) is 2.05. The van der Waals surface area contributed by atoms with Crippen molar-refractivity contribution in [1.29, 1.82) is 0 Å². The Kier molecular flexibility index (Phi) is 5.39. The fourth-order valence-electron chi connectivity index (χ4n) is 3.14. The first kappa shape index (κ1) is 18.9. The molecule has 1 heterocycles. The molecular formula is C19H22ClN3O2S. The molecular weight excluding hydrogens is 370 g/mol. The molecule has 0 fully saturated rings. The van der Waals surface area contributed by atoms with Gasteiger partial charge in [-0.2, -0.15) is 0 Å². The van der Waals surface area contributed by atoms with Crippen molar-refractivity contribution in [2.45, 2.75) is 10.9 Å². The number of para-hydroxylation sites is 1. The number of benzene rings is 2. The van der Waals surface area contributed by atoms with Crippen LogP contribution in [0.4, 0.5) is 0 Å². The topological polar surface area (TPSA) is 54.3 Å². The lowest BCUT2D eigenvalue weighted by Gasteiger charge is -2.24. The number of aryl methyl sites for hydroxylation is 1. The van der Waals surface area contributed by atoms with E-state index in [-0.39, 0.29) is 22.5 Å². The van der Waals surface area contributed by atoms with Crippen LogP contribution in [0.5, 0.6) is 0 Å². The van der Waals surface area contributed by atoms with Crippen molar-refractivity contribution in [2.75, 3.05) is 20.6 Å². The van der Waals surface area contributed by atoms with Crippen molar-refractivity contribution in [3.63, 3.8) is 0 Å². The van der Waals surface area contributed by atoms with Crippen LogP contribution in [0.1, 0.15) is 11.6 Å². The van der Waals surface area contributed by atoms with Gasteiger partial charge in [0.2, 0.25) is 10.0 Å². The van der Waals surface area contributed by atoms with Gasteiger partial charge in [-0.25, -0.2) is 13.1 Å². The first-order valence-electron chi connectivity index (χ1n) is 8.26. The van der Waals surface area contributed by atoms with Gasteiger partial charge in [0, 0.05) is 36.7 Å². The molecule has 0 aliphatic rings. The van der Waals surface area contributed by atoms with Crippen LogP contribution in [0.25, 0.3) is 10.9 Å². The molecule has 0 radical (unpaired) electrons. The molecule has 0 amide bonds. The highest BCUT2D eigenvalue weighted by molar-refractivity contribution is 7.89. The zero-order chi connectivity index (χ0) is 18.9. The number of rotatable bonds is 6. The second-order valence-electron chi connectivity index (χ2n) is 6.47. The first-order valence-corrected chi connectivity index (χ1v) is 10.1. The third-order valence-corrected chi connectivity index (χ3v) is 6.43.